The number of aromatic amines is 1. The van der Waals surface area contributed by atoms with E-state index in [2.05, 4.69) is 15.2 Å². The predicted octanol–water partition coefficient (Wildman–Crippen LogP) is 1.46. The summed E-state index contributed by atoms with van der Waals surface area (Å²) in [5.74, 6) is 0.195. The number of amides is 2. The SMILES string of the molecule is O=C1CC2(CCN(C(=O)c3ccn[nH]3)CC2)CN1Cc1cccnc1. The van der Waals surface area contributed by atoms with Crippen molar-refractivity contribution in [3.63, 3.8) is 0 Å². The van der Waals surface area contributed by atoms with Crippen LogP contribution in [0.1, 0.15) is 35.3 Å². The summed E-state index contributed by atoms with van der Waals surface area (Å²) in [7, 11) is 0. The number of rotatable bonds is 3. The summed E-state index contributed by atoms with van der Waals surface area (Å²) in [5.41, 5.74) is 1.58. The van der Waals surface area contributed by atoms with E-state index in [0.29, 0.717) is 31.7 Å². The van der Waals surface area contributed by atoms with Crippen molar-refractivity contribution >= 4 is 11.8 Å². The van der Waals surface area contributed by atoms with Crippen molar-refractivity contribution in [3.05, 3.63) is 48.0 Å². The zero-order valence-electron chi connectivity index (χ0n) is 14.0. The monoisotopic (exact) mass is 339 g/mol. The zero-order valence-corrected chi connectivity index (χ0v) is 14.0. The van der Waals surface area contributed by atoms with Gasteiger partial charge in [-0.1, -0.05) is 6.07 Å². The van der Waals surface area contributed by atoms with Crippen molar-refractivity contribution < 1.29 is 9.59 Å². The minimum Gasteiger partial charge on any atom is -0.338 e. The molecule has 25 heavy (non-hydrogen) atoms. The van der Waals surface area contributed by atoms with Crippen molar-refractivity contribution in [2.24, 2.45) is 5.41 Å². The van der Waals surface area contributed by atoms with Crippen LogP contribution < -0.4 is 0 Å². The molecule has 2 saturated heterocycles. The minimum atomic E-state index is -0.0103. The molecular formula is C18H21N5O2. The summed E-state index contributed by atoms with van der Waals surface area (Å²) < 4.78 is 0. The molecule has 130 valence electrons. The van der Waals surface area contributed by atoms with E-state index in [9.17, 15) is 9.59 Å². The summed E-state index contributed by atoms with van der Waals surface area (Å²) in [6, 6.07) is 5.59. The van der Waals surface area contributed by atoms with Gasteiger partial charge >= 0.3 is 0 Å². The molecule has 4 heterocycles. The third-order valence-corrected chi connectivity index (χ3v) is 5.34. The third kappa shape index (κ3) is 3.14. The lowest BCUT2D eigenvalue weighted by molar-refractivity contribution is -0.128. The molecule has 2 aliphatic heterocycles. The maximum atomic E-state index is 12.5. The number of likely N-dealkylation sites (tertiary alicyclic amines) is 2. The van der Waals surface area contributed by atoms with E-state index in [1.165, 1.54) is 0 Å². The number of hydrogen-bond donors (Lipinski definition) is 1. The Labute approximate surface area is 146 Å². The lowest BCUT2D eigenvalue weighted by Gasteiger charge is -2.38. The summed E-state index contributed by atoms with van der Waals surface area (Å²) in [6.45, 7) is 2.76. The van der Waals surface area contributed by atoms with Crippen molar-refractivity contribution in [1.82, 2.24) is 25.0 Å². The van der Waals surface area contributed by atoms with Crippen LogP contribution in [-0.2, 0) is 11.3 Å². The number of nitrogens with zero attached hydrogens (tertiary/aromatic N) is 4. The first kappa shape index (κ1) is 15.8. The van der Waals surface area contributed by atoms with Gasteiger partial charge in [0.05, 0.1) is 0 Å². The second-order valence-electron chi connectivity index (χ2n) is 7.05. The Bertz CT molecular complexity index is 751. The first-order valence-corrected chi connectivity index (χ1v) is 8.61. The fraction of sp³-hybridized carbons (Fsp3) is 0.444. The normalized spacial score (nSPS) is 19.6. The van der Waals surface area contributed by atoms with Gasteiger partial charge in [-0.15, -0.1) is 0 Å². The molecule has 0 unspecified atom stereocenters. The third-order valence-electron chi connectivity index (χ3n) is 5.34. The molecule has 7 nitrogen and oxygen atoms in total. The number of carbonyl (C=O) groups is 2. The average molecular weight is 339 g/mol. The molecule has 0 radical (unpaired) electrons. The van der Waals surface area contributed by atoms with Crippen molar-refractivity contribution in [2.75, 3.05) is 19.6 Å². The summed E-state index contributed by atoms with van der Waals surface area (Å²) >= 11 is 0. The van der Waals surface area contributed by atoms with Crippen LogP contribution in [0.4, 0.5) is 0 Å². The quantitative estimate of drug-likeness (QED) is 0.918. The molecule has 2 aliphatic rings. The van der Waals surface area contributed by atoms with Crippen LogP contribution in [0.25, 0.3) is 0 Å². The fourth-order valence-electron chi connectivity index (χ4n) is 3.90. The highest BCUT2D eigenvalue weighted by Gasteiger charge is 2.45. The van der Waals surface area contributed by atoms with Gasteiger partial charge in [0.15, 0.2) is 0 Å². The van der Waals surface area contributed by atoms with E-state index in [0.717, 1.165) is 24.9 Å². The number of pyridine rings is 1. The first-order valence-electron chi connectivity index (χ1n) is 8.61. The fourth-order valence-corrected chi connectivity index (χ4v) is 3.90. The molecule has 1 spiro atoms. The molecular weight excluding hydrogens is 318 g/mol. The maximum Gasteiger partial charge on any atom is 0.271 e. The summed E-state index contributed by atoms with van der Waals surface area (Å²) in [5, 5.41) is 6.57. The predicted molar refractivity (Wildman–Crippen MR) is 90.4 cm³/mol. The van der Waals surface area contributed by atoms with Gasteiger partial charge in [-0.05, 0) is 30.5 Å². The molecule has 0 aliphatic carbocycles. The Balaban J connectivity index is 1.38. The van der Waals surface area contributed by atoms with Gasteiger partial charge in [0, 0.05) is 56.6 Å². The molecule has 2 aromatic rings. The Kier molecular flexibility index (Phi) is 3.99. The highest BCUT2D eigenvalue weighted by molar-refractivity contribution is 5.92. The molecule has 2 fully saturated rings. The van der Waals surface area contributed by atoms with E-state index in [-0.39, 0.29) is 17.2 Å². The van der Waals surface area contributed by atoms with E-state index < -0.39 is 0 Å². The highest BCUT2D eigenvalue weighted by atomic mass is 16.2. The van der Waals surface area contributed by atoms with Crippen LogP contribution >= 0.6 is 0 Å². The summed E-state index contributed by atoms with van der Waals surface area (Å²) in [6.07, 6.45) is 7.45. The van der Waals surface area contributed by atoms with E-state index in [4.69, 9.17) is 0 Å². The smallest absolute Gasteiger partial charge is 0.271 e. The lowest BCUT2D eigenvalue weighted by Crippen LogP contribution is -2.44. The van der Waals surface area contributed by atoms with Crippen LogP contribution in [0, 0.1) is 5.41 Å². The molecule has 7 heteroatoms. The number of hydrogen-bond acceptors (Lipinski definition) is 4. The number of carbonyl (C=O) groups excluding carboxylic acids is 2. The molecule has 0 aromatic carbocycles. The van der Waals surface area contributed by atoms with Crippen molar-refractivity contribution in [3.8, 4) is 0 Å². The maximum absolute atomic E-state index is 12.5. The van der Waals surface area contributed by atoms with Crippen molar-refractivity contribution in [1.29, 1.82) is 0 Å². The van der Waals surface area contributed by atoms with Gasteiger partial charge in [0.2, 0.25) is 5.91 Å². The second kappa shape index (κ2) is 6.31. The van der Waals surface area contributed by atoms with E-state index >= 15 is 0 Å². The van der Waals surface area contributed by atoms with Gasteiger partial charge in [-0.3, -0.25) is 19.7 Å². The molecule has 2 aromatic heterocycles. The first-order chi connectivity index (χ1) is 12.2. The molecule has 1 N–H and O–H groups in total. The molecule has 0 atom stereocenters. The number of H-pyrrole nitrogens is 1. The minimum absolute atomic E-state index is 0.00403. The van der Waals surface area contributed by atoms with Crippen LogP contribution in [0.2, 0.25) is 0 Å². The van der Waals surface area contributed by atoms with E-state index in [1.54, 1.807) is 18.5 Å². The average Bonchev–Trinajstić information content (AvgIpc) is 3.25. The van der Waals surface area contributed by atoms with Crippen LogP contribution in [0.15, 0.2) is 36.8 Å². The van der Waals surface area contributed by atoms with Crippen LogP contribution in [-0.4, -0.2) is 56.4 Å². The number of piperidine rings is 1. The Morgan fingerprint density at radius 2 is 2.08 bits per heavy atom. The van der Waals surface area contributed by atoms with Crippen LogP contribution in [0.3, 0.4) is 0 Å². The number of aromatic nitrogens is 3. The Hall–Kier alpha value is -2.70. The number of nitrogens with one attached hydrogen (secondary N) is 1. The van der Waals surface area contributed by atoms with Crippen LogP contribution in [0.5, 0.6) is 0 Å². The standard InChI is InChI=1S/C18H21N5O2/c24-16-10-18(13-23(16)12-14-2-1-6-19-11-14)4-8-22(9-5-18)17(25)15-3-7-20-21-15/h1-3,6-7,11H,4-5,8-10,12-13H2,(H,20,21). The van der Waals surface area contributed by atoms with Gasteiger partial charge < -0.3 is 9.80 Å². The molecule has 0 bridgehead atoms. The lowest BCUT2D eigenvalue weighted by atomic mass is 9.77. The van der Waals surface area contributed by atoms with Gasteiger partial charge in [-0.2, -0.15) is 5.10 Å². The van der Waals surface area contributed by atoms with E-state index in [1.807, 2.05) is 28.1 Å². The Morgan fingerprint density at radius 3 is 2.76 bits per heavy atom. The topological polar surface area (TPSA) is 82.2 Å². The molecule has 0 saturated carbocycles. The van der Waals surface area contributed by atoms with Gasteiger partial charge in [0.25, 0.3) is 5.91 Å². The Morgan fingerprint density at radius 1 is 1.24 bits per heavy atom. The largest absolute Gasteiger partial charge is 0.338 e. The molecule has 4 rings (SSSR count). The zero-order chi connectivity index (χ0) is 17.3. The van der Waals surface area contributed by atoms with Crippen molar-refractivity contribution in [2.45, 2.75) is 25.8 Å². The van der Waals surface area contributed by atoms with Gasteiger partial charge in [-0.25, -0.2) is 0 Å². The van der Waals surface area contributed by atoms with Gasteiger partial charge in [0.1, 0.15) is 5.69 Å². The highest BCUT2D eigenvalue weighted by Crippen LogP contribution is 2.41. The second-order valence-corrected chi connectivity index (χ2v) is 7.05. The summed E-state index contributed by atoms with van der Waals surface area (Å²) in [4.78, 5) is 32.8. The molecule has 2 amide bonds.